The number of benzene rings is 2. The number of ether oxygens (including phenoxy) is 3. The highest BCUT2D eigenvalue weighted by molar-refractivity contribution is 7.93. The lowest BCUT2D eigenvalue weighted by atomic mass is 10.1. The zero-order chi connectivity index (χ0) is 27.6. The maximum Gasteiger partial charge on any atom is 0.270 e. The fraction of sp³-hybridized carbons (Fsp3) is 0.308. The first-order chi connectivity index (χ1) is 18.9. The van der Waals surface area contributed by atoms with Crippen LogP contribution in [-0.4, -0.2) is 71.0 Å². The van der Waals surface area contributed by atoms with Crippen molar-refractivity contribution < 1.29 is 27.2 Å². The molecule has 0 spiro atoms. The Bertz CT molecular complexity index is 1640. The van der Waals surface area contributed by atoms with Crippen molar-refractivity contribution in [2.75, 3.05) is 57.1 Å². The molecule has 4 aromatic rings. The van der Waals surface area contributed by atoms with Crippen molar-refractivity contribution in [3.8, 4) is 39.7 Å². The van der Waals surface area contributed by atoms with E-state index in [1.807, 2.05) is 19.2 Å². The molecule has 0 radical (unpaired) electrons. The Hall–Kier alpha value is -4.15. The van der Waals surface area contributed by atoms with Crippen LogP contribution >= 0.6 is 11.3 Å². The summed E-state index contributed by atoms with van der Waals surface area (Å²) in [7, 11) is 0.106. The third-order valence-electron chi connectivity index (χ3n) is 6.24. The molecule has 0 unspecified atom stereocenters. The topological polar surface area (TPSA) is 119 Å². The van der Waals surface area contributed by atoms with Gasteiger partial charge in [0.2, 0.25) is 0 Å². The zero-order valence-electron chi connectivity index (χ0n) is 21.8. The third-order valence-corrected chi connectivity index (χ3v) is 8.75. The quantitative estimate of drug-likeness (QED) is 0.313. The fourth-order valence-corrected chi connectivity index (χ4v) is 6.66. The maximum atomic E-state index is 13.4. The van der Waals surface area contributed by atoms with Gasteiger partial charge < -0.3 is 28.5 Å². The fourth-order valence-electron chi connectivity index (χ4n) is 4.38. The average Bonchev–Trinajstić information content (AvgIpc) is 3.60. The van der Waals surface area contributed by atoms with Gasteiger partial charge in [0.25, 0.3) is 10.0 Å². The molecular formula is C26H27N5O6S2. The monoisotopic (exact) mass is 569 g/mol. The molecule has 5 rings (SSSR count). The van der Waals surface area contributed by atoms with Crippen LogP contribution in [0.2, 0.25) is 0 Å². The Balaban J connectivity index is 1.45. The van der Waals surface area contributed by atoms with Crippen LogP contribution in [-0.2, 0) is 10.0 Å². The van der Waals surface area contributed by atoms with E-state index in [1.54, 1.807) is 23.5 Å². The maximum absolute atomic E-state index is 13.4. The lowest BCUT2D eigenvalue weighted by Gasteiger charge is -2.32. The van der Waals surface area contributed by atoms with E-state index in [0.717, 1.165) is 41.8 Å². The third kappa shape index (κ3) is 5.13. The summed E-state index contributed by atoms with van der Waals surface area (Å²) >= 11 is 1.56. The van der Waals surface area contributed by atoms with E-state index in [2.05, 4.69) is 36.6 Å². The van der Waals surface area contributed by atoms with Gasteiger partial charge in [-0.1, -0.05) is 28.5 Å². The highest BCUT2D eigenvalue weighted by Gasteiger charge is 2.28. The highest BCUT2D eigenvalue weighted by atomic mass is 32.2. The normalized spacial score (nSPS) is 13.6. The number of thiazole rings is 1. The number of sulfonamides is 1. The number of anilines is 2. The van der Waals surface area contributed by atoms with E-state index in [1.165, 1.54) is 33.5 Å². The molecule has 1 aliphatic heterocycles. The second-order valence-corrected chi connectivity index (χ2v) is 11.2. The molecule has 13 heteroatoms. The molecule has 2 aromatic carbocycles. The molecule has 0 amide bonds. The lowest BCUT2D eigenvalue weighted by Crippen LogP contribution is -2.44. The van der Waals surface area contributed by atoms with E-state index in [-0.39, 0.29) is 22.2 Å². The van der Waals surface area contributed by atoms with Gasteiger partial charge in [0.05, 0.1) is 26.2 Å². The number of nitrogens with zero attached hydrogens (tertiary/aromatic N) is 4. The van der Waals surface area contributed by atoms with E-state index >= 15 is 0 Å². The number of hydrogen-bond acceptors (Lipinski definition) is 11. The summed E-state index contributed by atoms with van der Waals surface area (Å²) in [5.41, 5.74) is 1.17. The summed E-state index contributed by atoms with van der Waals surface area (Å²) in [5, 5.41) is 5.31. The second kappa shape index (κ2) is 10.9. The minimum absolute atomic E-state index is 0.0144. The van der Waals surface area contributed by atoms with Crippen molar-refractivity contribution >= 4 is 43.3 Å². The first kappa shape index (κ1) is 26.5. The zero-order valence-corrected chi connectivity index (χ0v) is 23.5. The van der Waals surface area contributed by atoms with Crippen molar-refractivity contribution in [1.29, 1.82) is 0 Å². The number of fused-ring (bicyclic) bond motifs is 1. The van der Waals surface area contributed by atoms with Crippen molar-refractivity contribution in [3.05, 3.63) is 36.5 Å². The van der Waals surface area contributed by atoms with Crippen LogP contribution in [0.4, 0.5) is 10.9 Å². The van der Waals surface area contributed by atoms with Crippen LogP contribution in [0.15, 0.2) is 45.9 Å². The van der Waals surface area contributed by atoms with Gasteiger partial charge in [0.1, 0.15) is 22.6 Å². The van der Waals surface area contributed by atoms with Gasteiger partial charge >= 0.3 is 0 Å². The molecule has 1 aliphatic rings. The summed E-state index contributed by atoms with van der Waals surface area (Å²) in [5.74, 6) is 3.59. The summed E-state index contributed by atoms with van der Waals surface area (Å²) in [6.45, 7) is 5.23. The Morgan fingerprint density at radius 3 is 2.36 bits per heavy atom. The Morgan fingerprint density at radius 2 is 1.72 bits per heavy atom. The average molecular weight is 570 g/mol. The molecule has 1 N–H and O–H groups in total. The molecule has 0 atom stereocenters. The van der Waals surface area contributed by atoms with Gasteiger partial charge in [0.15, 0.2) is 21.4 Å². The van der Waals surface area contributed by atoms with Crippen molar-refractivity contribution in [1.82, 2.24) is 15.0 Å². The minimum Gasteiger partial charge on any atom is -0.496 e. The van der Waals surface area contributed by atoms with Crippen molar-refractivity contribution in [2.24, 2.45) is 0 Å². The number of hydrogen-bond donors (Lipinski definition) is 1. The standard InChI is InChI=1S/C26H27N5O6S2/c1-5-9-30-10-12-31(13-11-30)26-27-16-22(38-26)17-14-20(36-4)23-21(15-17)37-28-25(23)29-39(32,33)24-18(34-2)7-6-8-19(24)35-3/h6-8,14-16H,10-13H2,1-4H3,(H,28,29). The van der Waals surface area contributed by atoms with Crippen molar-refractivity contribution in [2.45, 2.75) is 11.8 Å². The predicted molar refractivity (Wildman–Crippen MR) is 149 cm³/mol. The van der Waals surface area contributed by atoms with E-state index in [0.29, 0.717) is 16.7 Å². The Morgan fingerprint density at radius 1 is 1.03 bits per heavy atom. The summed E-state index contributed by atoms with van der Waals surface area (Å²) < 4.78 is 51.0. The second-order valence-electron chi connectivity index (χ2n) is 8.52. The van der Waals surface area contributed by atoms with Gasteiger partial charge in [-0.15, -0.1) is 0 Å². The molecule has 1 saturated heterocycles. The van der Waals surface area contributed by atoms with E-state index in [4.69, 9.17) is 18.7 Å². The molecule has 39 heavy (non-hydrogen) atoms. The first-order valence-electron chi connectivity index (χ1n) is 12.0. The number of nitrogens with one attached hydrogen (secondary N) is 1. The number of aromatic nitrogens is 2. The summed E-state index contributed by atoms with van der Waals surface area (Å²) in [4.78, 5) is 9.75. The van der Waals surface area contributed by atoms with E-state index in [9.17, 15) is 8.42 Å². The molecule has 3 heterocycles. The molecule has 0 saturated carbocycles. The van der Waals surface area contributed by atoms with Gasteiger partial charge in [-0.25, -0.2) is 13.4 Å². The van der Waals surface area contributed by atoms with Gasteiger partial charge in [-0.2, -0.15) is 0 Å². The molecule has 11 nitrogen and oxygen atoms in total. The van der Waals surface area contributed by atoms with Crippen LogP contribution < -0.4 is 23.8 Å². The highest BCUT2D eigenvalue weighted by Crippen LogP contribution is 2.41. The van der Waals surface area contributed by atoms with Crippen LogP contribution in [0.1, 0.15) is 6.92 Å². The smallest absolute Gasteiger partial charge is 0.270 e. The van der Waals surface area contributed by atoms with Gasteiger partial charge in [-0.05, 0) is 31.2 Å². The summed E-state index contributed by atoms with van der Waals surface area (Å²) in [6.07, 6.45) is 1.81. The lowest BCUT2D eigenvalue weighted by molar-refractivity contribution is 0.368. The molecule has 2 aromatic heterocycles. The van der Waals surface area contributed by atoms with Crippen molar-refractivity contribution in [3.63, 3.8) is 0 Å². The Labute approximate surface area is 230 Å². The van der Waals surface area contributed by atoms with Crippen LogP contribution in [0, 0.1) is 12.0 Å². The largest absolute Gasteiger partial charge is 0.496 e. The predicted octanol–water partition coefficient (Wildman–Crippen LogP) is 3.88. The van der Waals surface area contributed by atoms with E-state index < -0.39 is 10.0 Å². The molecule has 0 aliphatic carbocycles. The number of methoxy groups -OCH3 is 3. The minimum atomic E-state index is -4.17. The van der Waals surface area contributed by atoms with Crippen LogP contribution in [0.5, 0.6) is 17.2 Å². The van der Waals surface area contributed by atoms with Crippen LogP contribution in [0.25, 0.3) is 21.4 Å². The first-order valence-corrected chi connectivity index (χ1v) is 14.3. The number of rotatable bonds is 8. The molecule has 0 bridgehead atoms. The number of piperazine rings is 1. The SMILES string of the molecule is CC#CN1CCN(c2ncc(-c3cc(OC)c4c(NS(=O)(=O)c5c(OC)cccc5OC)noc4c3)s2)CC1. The molecular weight excluding hydrogens is 542 g/mol. The van der Waals surface area contributed by atoms with Gasteiger partial charge in [-0.3, -0.25) is 4.72 Å². The summed E-state index contributed by atoms with van der Waals surface area (Å²) in [6, 6.07) is 11.4. The molecule has 204 valence electrons. The van der Waals surface area contributed by atoms with Crippen LogP contribution in [0.3, 0.4) is 0 Å². The Kier molecular flexibility index (Phi) is 7.40. The van der Waals surface area contributed by atoms with Gasteiger partial charge in [0, 0.05) is 44.0 Å². The molecule has 1 fully saturated rings.